The van der Waals surface area contributed by atoms with E-state index in [1.165, 1.54) is 31.8 Å². The van der Waals surface area contributed by atoms with Gasteiger partial charge in [0.05, 0.1) is 0 Å². The first-order chi connectivity index (χ1) is 31.0. The van der Waals surface area contributed by atoms with Crippen molar-refractivity contribution in [3.05, 3.63) is 199 Å². The number of halogens is 12. The first-order valence-corrected chi connectivity index (χ1v) is 22.6. The fourth-order valence-corrected chi connectivity index (χ4v) is 11.2. The summed E-state index contributed by atoms with van der Waals surface area (Å²) in [7, 11) is -0.892. The average Bonchev–Trinajstić information content (AvgIpc) is 3.61. The molecule has 0 radical (unpaired) electrons. The van der Waals surface area contributed by atoms with Crippen LogP contribution >= 0.6 is 15.8 Å². The fourth-order valence-electron chi connectivity index (χ4n) is 6.21. The van der Waals surface area contributed by atoms with E-state index in [0.717, 1.165) is 0 Å². The molecule has 4 nitrogen and oxygen atoms in total. The third-order valence-electron chi connectivity index (χ3n) is 9.65. The molecule has 0 aliphatic rings. The van der Waals surface area contributed by atoms with Crippen LogP contribution in [0.25, 0.3) is 0 Å². The van der Waals surface area contributed by atoms with E-state index in [1.54, 1.807) is 0 Å². The summed E-state index contributed by atoms with van der Waals surface area (Å²) in [5.41, 5.74) is -10.7. The molecule has 0 bridgehead atoms. The number of imidazole rings is 1. The SMILES string of the molecule is OC(Cn1ccn(CC(O)(C(F)(F)F)C(F)(F)F)[c]1=[Fe])(C(F)(F)F)C(F)(F)F.c1ccc(P(c2ccccc2)c2ccccc2)cc1.c1ccc(P(c2ccccc2)c2ccccc2)cc1. The predicted octanol–water partition coefficient (Wildman–Crippen LogP) is 9.97. The van der Waals surface area contributed by atoms with Crippen LogP contribution in [-0.2, 0) is 28.7 Å². The summed E-state index contributed by atoms with van der Waals surface area (Å²) in [5, 5.41) is 26.5. The Morgan fingerprint density at radius 1 is 0.333 bits per heavy atom. The van der Waals surface area contributed by atoms with E-state index < -0.39 is 69.2 Å². The van der Waals surface area contributed by atoms with Crippen LogP contribution in [0, 0.1) is 4.32 Å². The molecular formula is C47H38F12FeN2O2P2. The quantitative estimate of drug-likeness (QED) is 0.0815. The van der Waals surface area contributed by atoms with Crippen LogP contribution in [0.15, 0.2) is 194 Å². The predicted molar refractivity (Wildman–Crippen MR) is 230 cm³/mol. The molecule has 1 aromatic heterocycles. The minimum Gasteiger partial charge on any atom is -0.0622 e. The zero-order valence-corrected chi connectivity index (χ0v) is 36.9. The van der Waals surface area contributed by atoms with Gasteiger partial charge in [0.25, 0.3) is 0 Å². The second-order valence-corrected chi connectivity index (χ2v) is 19.1. The Hall–Kier alpha value is -5.01. The van der Waals surface area contributed by atoms with Crippen molar-refractivity contribution in [1.82, 2.24) is 9.13 Å². The molecule has 0 saturated heterocycles. The van der Waals surface area contributed by atoms with Crippen molar-refractivity contribution in [1.29, 1.82) is 0 Å². The van der Waals surface area contributed by atoms with Crippen LogP contribution in [0.2, 0.25) is 0 Å². The Bertz CT molecular complexity index is 2200. The molecule has 0 spiro atoms. The summed E-state index contributed by atoms with van der Waals surface area (Å²) in [6.07, 6.45) is -24.7. The Labute approximate surface area is 381 Å². The fraction of sp³-hybridized carbons (Fsp3) is 0.170. The van der Waals surface area contributed by atoms with Gasteiger partial charge < -0.3 is 0 Å². The van der Waals surface area contributed by atoms with Gasteiger partial charge in [-0.1, -0.05) is 182 Å². The second-order valence-electron chi connectivity index (χ2n) is 14.2. The number of aliphatic hydroxyl groups is 2. The van der Waals surface area contributed by atoms with Gasteiger partial charge in [0.15, 0.2) is 0 Å². The first-order valence-electron chi connectivity index (χ1n) is 19.3. The summed E-state index contributed by atoms with van der Waals surface area (Å²) < 4.78 is 150. The van der Waals surface area contributed by atoms with Crippen LogP contribution in [0.5, 0.6) is 0 Å². The molecule has 7 rings (SSSR count). The molecule has 0 amide bonds. The maximum absolute atomic E-state index is 12.7. The van der Waals surface area contributed by atoms with Crippen molar-refractivity contribution in [2.45, 2.75) is 49.0 Å². The number of hydrogen-bond donors (Lipinski definition) is 2. The third-order valence-corrected chi connectivity index (χ3v) is 15.2. The molecule has 6 aromatic carbocycles. The molecule has 1 heterocycles. The molecule has 0 aliphatic heterocycles. The van der Waals surface area contributed by atoms with Crippen LogP contribution in [0.3, 0.4) is 0 Å². The van der Waals surface area contributed by atoms with E-state index in [9.17, 15) is 52.7 Å². The average molecular weight is 1010 g/mol. The molecule has 0 atom stereocenters. The summed E-state index contributed by atoms with van der Waals surface area (Å²) in [6, 6.07) is 64.7. The molecule has 0 unspecified atom stereocenters. The Morgan fingerprint density at radius 3 is 0.652 bits per heavy atom. The van der Waals surface area contributed by atoms with E-state index in [0.29, 0.717) is 0 Å². The van der Waals surface area contributed by atoms with E-state index in [2.05, 4.69) is 198 Å². The summed E-state index contributed by atoms with van der Waals surface area (Å²) in [6.45, 7) is -4.72. The van der Waals surface area contributed by atoms with E-state index in [1.807, 2.05) is 0 Å². The number of aromatic nitrogens is 2. The number of benzene rings is 6. The minimum atomic E-state index is -6.29. The molecule has 2 N–H and O–H groups in total. The summed E-state index contributed by atoms with van der Waals surface area (Å²) in [5.74, 6) is 0. The maximum Gasteiger partial charge on any atom is -0.0134 e. The van der Waals surface area contributed by atoms with E-state index in [4.69, 9.17) is 10.2 Å². The molecule has 0 fully saturated rings. The monoisotopic (exact) mass is 1010 g/mol. The van der Waals surface area contributed by atoms with Crippen molar-refractivity contribution in [3.63, 3.8) is 0 Å². The van der Waals surface area contributed by atoms with Crippen LogP contribution in [-0.4, -0.2) is 55.3 Å². The Morgan fingerprint density at radius 2 is 0.500 bits per heavy atom. The Kier molecular flexibility index (Phi) is 17.1. The molecule has 7 aromatic rings. The molecule has 0 saturated carbocycles. The zero-order valence-electron chi connectivity index (χ0n) is 34.0. The van der Waals surface area contributed by atoms with E-state index >= 15 is 0 Å². The molecule has 19 heteroatoms. The molecular weight excluding hydrogens is 970 g/mol. The number of hydrogen-bond acceptors (Lipinski definition) is 2. The van der Waals surface area contributed by atoms with Gasteiger partial charge in [0, 0.05) is 0 Å². The van der Waals surface area contributed by atoms with Crippen molar-refractivity contribution >= 4 is 47.7 Å². The van der Waals surface area contributed by atoms with Gasteiger partial charge in [0.1, 0.15) is 0 Å². The van der Waals surface area contributed by atoms with Gasteiger partial charge in [-0.3, -0.25) is 0 Å². The number of alkyl halides is 12. The molecule has 0 aliphatic carbocycles. The number of rotatable bonds is 10. The standard InChI is InChI=1S/2C18H15P.C11H8F12N2O2.Fe/c2*1-4-10-16(11-5-1)19(17-12-6-2-7-13-17)18-14-8-3-9-15-18;12-8(13,14)6(26,9(15,16)17)3-24-1-2-25(5-24)4-7(27,10(18,19)20)11(21,22)23;/h2*1-15H;1-2,26-27H,3-4H2;. The van der Waals surface area contributed by atoms with Crippen LogP contribution < -0.4 is 31.8 Å². The maximum atomic E-state index is 12.7. The first kappa shape index (κ1) is 52.0. The molecule has 350 valence electrons. The zero-order chi connectivity index (χ0) is 48.4. The van der Waals surface area contributed by atoms with Crippen molar-refractivity contribution in [3.8, 4) is 0 Å². The topological polar surface area (TPSA) is 50.3 Å². The van der Waals surface area contributed by atoms with Crippen LogP contribution in [0.1, 0.15) is 0 Å². The molecule has 66 heavy (non-hydrogen) atoms. The second kappa shape index (κ2) is 21.7. The van der Waals surface area contributed by atoms with Gasteiger partial charge in [-0.05, 0) is 47.7 Å². The smallest absolute Gasteiger partial charge is 0.0134 e. The summed E-state index contributed by atoms with van der Waals surface area (Å²) >= 11 is 2.81. The van der Waals surface area contributed by atoms with Gasteiger partial charge in [-0.15, -0.1) is 0 Å². The van der Waals surface area contributed by atoms with Crippen molar-refractivity contribution < 1.29 is 78.5 Å². The van der Waals surface area contributed by atoms with Gasteiger partial charge in [0.2, 0.25) is 0 Å². The largest absolute Gasteiger partial charge is 0.0622 e. The van der Waals surface area contributed by atoms with Crippen molar-refractivity contribution in [2.75, 3.05) is 0 Å². The van der Waals surface area contributed by atoms with Gasteiger partial charge in [-0.2, -0.15) is 0 Å². The summed E-state index contributed by atoms with van der Waals surface area (Å²) in [4.78, 5) is 0. The minimum absolute atomic E-state index is 0.159. The van der Waals surface area contributed by atoms with E-state index in [-0.39, 0.29) is 21.5 Å². The van der Waals surface area contributed by atoms with Gasteiger partial charge >= 0.3 is 153 Å². The van der Waals surface area contributed by atoms with Gasteiger partial charge in [-0.25, -0.2) is 0 Å². The Balaban J connectivity index is 0.000000190. The third kappa shape index (κ3) is 12.5. The normalized spacial score (nSPS) is 12.6. The van der Waals surface area contributed by atoms with Crippen LogP contribution in [0.4, 0.5) is 52.7 Å². The van der Waals surface area contributed by atoms with Crippen molar-refractivity contribution in [2.24, 2.45) is 0 Å². The number of nitrogens with zero attached hydrogens (tertiary/aromatic N) is 2.